The van der Waals surface area contributed by atoms with Gasteiger partial charge in [0.25, 0.3) is 0 Å². The third-order valence-electron chi connectivity index (χ3n) is 7.90. The molecule has 3 heterocycles. The number of piperazine rings is 1. The van der Waals surface area contributed by atoms with Crippen molar-refractivity contribution in [2.24, 2.45) is 5.92 Å². The van der Waals surface area contributed by atoms with Gasteiger partial charge in [-0.15, -0.1) is 0 Å². The molecule has 210 valence electrons. The number of carboxylic acids is 1. The number of imide groups is 1. The lowest BCUT2D eigenvalue weighted by atomic mass is 9.63. The molecular formula is C26H35BN4O8. The highest BCUT2D eigenvalue weighted by Crippen LogP contribution is 2.36. The standard InChI is InChI=1S/C26H35BN4O8/c1-3-30-11-12-31(25(36)24(30)35)26(37)28-22(17-7-9-29(10-8-17)15-21(33)34)20(32)14-19-13-18-6-4-5-16(2)23(18)39-27(19)38/h4-6,17,19,22,38H,3,7-15H2,1-2H3,(H,28,37)(H,33,34)/t19-,22?/m1/s1. The summed E-state index contributed by atoms with van der Waals surface area (Å²) >= 11 is 0. The molecule has 12 nitrogen and oxygen atoms in total. The van der Waals surface area contributed by atoms with Gasteiger partial charge in [0.1, 0.15) is 5.75 Å². The zero-order chi connectivity index (χ0) is 28.3. The zero-order valence-electron chi connectivity index (χ0n) is 22.3. The first-order valence-corrected chi connectivity index (χ1v) is 13.4. The van der Waals surface area contributed by atoms with Crippen LogP contribution in [0, 0.1) is 12.8 Å². The number of para-hydroxylation sites is 1. The molecule has 4 rings (SSSR count). The number of Topliss-reactive ketones (excluding diaryl/α,β-unsaturated/α-hetero) is 1. The third kappa shape index (κ3) is 6.42. The van der Waals surface area contributed by atoms with Gasteiger partial charge in [0.05, 0.1) is 12.6 Å². The van der Waals surface area contributed by atoms with Crippen molar-refractivity contribution in [3.05, 3.63) is 29.3 Å². The van der Waals surface area contributed by atoms with E-state index in [1.807, 2.05) is 25.1 Å². The summed E-state index contributed by atoms with van der Waals surface area (Å²) in [6.07, 6.45) is 1.29. The number of likely N-dealkylation sites (tertiary alicyclic amines) is 1. The van der Waals surface area contributed by atoms with E-state index in [0.717, 1.165) is 16.0 Å². The predicted octanol–water partition coefficient (Wildman–Crippen LogP) is 0.305. The van der Waals surface area contributed by atoms with Crippen molar-refractivity contribution < 1.29 is 38.8 Å². The minimum absolute atomic E-state index is 0.0214. The fourth-order valence-electron chi connectivity index (χ4n) is 5.68. The first-order chi connectivity index (χ1) is 18.6. The van der Waals surface area contributed by atoms with Gasteiger partial charge in [-0.3, -0.25) is 29.0 Å². The number of aryl methyl sites for hydroxylation is 1. The number of benzene rings is 1. The number of nitrogens with one attached hydrogen (secondary N) is 1. The quantitative estimate of drug-likeness (QED) is 0.311. The Morgan fingerprint density at radius 1 is 1.13 bits per heavy atom. The molecule has 3 aliphatic rings. The molecule has 13 heteroatoms. The number of carboxylic acid groups (broad SMARTS) is 1. The van der Waals surface area contributed by atoms with Crippen LogP contribution < -0.4 is 9.97 Å². The molecule has 0 saturated carbocycles. The number of amides is 4. The zero-order valence-corrected chi connectivity index (χ0v) is 22.3. The number of likely N-dealkylation sites (N-methyl/N-ethyl adjacent to an activating group) is 1. The maximum Gasteiger partial charge on any atom is 0.526 e. The van der Waals surface area contributed by atoms with Crippen LogP contribution in [-0.4, -0.2) is 107 Å². The summed E-state index contributed by atoms with van der Waals surface area (Å²) in [5.41, 5.74) is 1.77. The van der Waals surface area contributed by atoms with Gasteiger partial charge in [0, 0.05) is 31.9 Å². The molecule has 0 bridgehead atoms. The van der Waals surface area contributed by atoms with Gasteiger partial charge in [-0.25, -0.2) is 4.79 Å². The van der Waals surface area contributed by atoms with Crippen LogP contribution in [0.15, 0.2) is 18.2 Å². The smallest absolute Gasteiger partial charge is 0.526 e. The molecule has 2 fully saturated rings. The average Bonchev–Trinajstić information content (AvgIpc) is 2.90. The van der Waals surface area contributed by atoms with Gasteiger partial charge in [-0.05, 0) is 63.2 Å². The second-order valence-corrected chi connectivity index (χ2v) is 10.5. The number of hydrogen-bond donors (Lipinski definition) is 3. The second kappa shape index (κ2) is 12.2. The Balaban J connectivity index is 1.49. The van der Waals surface area contributed by atoms with Crippen molar-refractivity contribution in [1.82, 2.24) is 20.0 Å². The van der Waals surface area contributed by atoms with Crippen LogP contribution >= 0.6 is 0 Å². The first kappa shape index (κ1) is 28.6. The van der Waals surface area contributed by atoms with Crippen LogP contribution in [0.1, 0.15) is 37.3 Å². The molecule has 2 atom stereocenters. The molecule has 39 heavy (non-hydrogen) atoms. The van der Waals surface area contributed by atoms with Crippen molar-refractivity contribution in [2.45, 2.75) is 51.4 Å². The maximum absolute atomic E-state index is 13.7. The number of piperidine rings is 1. The van der Waals surface area contributed by atoms with E-state index in [1.54, 1.807) is 11.8 Å². The molecule has 1 aromatic rings. The number of fused-ring (bicyclic) bond motifs is 1. The van der Waals surface area contributed by atoms with Gasteiger partial charge >= 0.3 is 30.9 Å². The minimum atomic E-state index is -1.20. The van der Waals surface area contributed by atoms with Crippen molar-refractivity contribution in [2.75, 3.05) is 39.3 Å². The highest BCUT2D eigenvalue weighted by Gasteiger charge is 2.42. The molecule has 2 saturated heterocycles. The van der Waals surface area contributed by atoms with E-state index in [1.165, 1.54) is 4.90 Å². The largest absolute Gasteiger partial charge is 0.536 e. The number of carbonyl (C=O) groups is 5. The van der Waals surface area contributed by atoms with E-state index in [0.29, 0.717) is 44.6 Å². The van der Waals surface area contributed by atoms with E-state index >= 15 is 0 Å². The Morgan fingerprint density at radius 3 is 2.51 bits per heavy atom. The lowest BCUT2D eigenvalue weighted by Gasteiger charge is -2.37. The molecule has 0 radical (unpaired) electrons. The predicted molar refractivity (Wildman–Crippen MR) is 140 cm³/mol. The number of ketones is 1. The number of rotatable bonds is 8. The normalized spacial score (nSPS) is 21.3. The van der Waals surface area contributed by atoms with E-state index in [-0.39, 0.29) is 37.8 Å². The van der Waals surface area contributed by atoms with E-state index in [9.17, 15) is 29.0 Å². The molecule has 4 amide bonds. The van der Waals surface area contributed by atoms with E-state index in [4.69, 9.17) is 9.76 Å². The van der Waals surface area contributed by atoms with Gasteiger partial charge in [-0.1, -0.05) is 18.2 Å². The van der Waals surface area contributed by atoms with Gasteiger partial charge in [0.15, 0.2) is 5.78 Å². The molecule has 3 aliphatic heterocycles. The summed E-state index contributed by atoms with van der Waals surface area (Å²) < 4.78 is 5.73. The average molecular weight is 542 g/mol. The monoisotopic (exact) mass is 542 g/mol. The summed E-state index contributed by atoms with van der Waals surface area (Å²) in [6.45, 7) is 4.97. The van der Waals surface area contributed by atoms with Crippen molar-refractivity contribution >= 4 is 36.7 Å². The fraction of sp³-hybridized carbons (Fsp3) is 0.577. The lowest BCUT2D eigenvalue weighted by molar-refractivity contribution is -0.153. The highest BCUT2D eigenvalue weighted by atomic mass is 16.5. The number of hydrogen-bond acceptors (Lipinski definition) is 8. The van der Waals surface area contributed by atoms with Crippen LogP contribution in [0.25, 0.3) is 0 Å². The van der Waals surface area contributed by atoms with Crippen molar-refractivity contribution in [3.63, 3.8) is 0 Å². The minimum Gasteiger partial charge on any atom is -0.536 e. The summed E-state index contributed by atoms with van der Waals surface area (Å²) in [7, 11) is -1.20. The van der Waals surface area contributed by atoms with Crippen LogP contribution in [0.4, 0.5) is 4.79 Å². The Kier molecular flexibility index (Phi) is 8.91. The van der Waals surface area contributed by atoms with Crippen LogP contribution in [0.5, 0.6) is 5.75 Å². The molecule has 0 aliphatic carbocycles. The van der Waals surface area contributed by atoms with Crippen molar-refractivity contribution in [3.8, 4) is 5.75 Å². The first-order valence-electron chi connectivity index (χ1n) is 13.4. The SMILES string of the molecule is CCN1CCN(C(=O)NC(C(=O)C[C@H]2Cc3cccc(C)c3OB2O)C2CCN(CC(=O)O)CC2)C(=O)C1=O. The summed E-state index contributed by atoms with van der Waals surface area (Å²) in [4.78, 5) is 66.9. The van der Waals surface area contributed by atoms with Crippen LogP contribution in [-0.2, 0) is 25.6 Å². The number of carbonyl (C=O) groups excluding carboxylic acids is 4. The maximum atomic E-state index is 13.7. The molecule has 0 aromatic heterocycles. The molecule has 1 unspecified atom stereocenters. The molecule has 3 N–H and O–H groups in total. The Hall–Kier alpha value is -3.45. The van der Waals surface area contributed by atoms with E-state index in [2.05, 4.69) is 5.32 Å². The lowest BCUT2D eigenvalue weighted by Crippen LogP contribution is -2.61. The Bertz CT molecular complexity index is 1140. The van der Waals surface area contributed by atoms with Crippen LogP contribution in [0.3, 0.4) is 0 Å². The van der Waals surface area contributed by atoms with Gasteiger partial charge in [-0.2, -0.15) is 0 Å². The third-order valence-corrected chi connectivity index (χ3v) is 7.90. The summed E-state index contributed by atoms with van der Waals surface area (Å²) in [5, 5.41) is 22.5. The summed E-state index contributed by atoms with van der Waals surface area (Å²) in [6, 6.07) is 3.88. The molecule has 1 aromatic carbocycles. The molecular weight excluding hydrogens is 507 g/mol. The number of nitrogens with zero attached hydrogens (tertiary/aromatic N) is 3. The van der Waals surface area contributed by atoms with Crippen molar-refractivity contribution in [1.29, 1.82) is 0 Å². The highest BCUT2D eigenvalue weighted by molar-refractivity contribution is 6.46. The Morgan fingerprint density at radius 2 is 1.85 bits per heavy atom. The number of urea groups is 1. The Labute approximate surface area is 227 Å². The molecule has 0 spiro atoms. The topological polar surface area (TPSA) is 157 Å². The summed E-state index contributed by atoms with van der Waals surface area (Å²) in [5.74, 6) is -3.18. The fourth-order valence-corrected chi connectivity index (χ4v) is 5.68. The van der Waals surface area contributed by atoms with Gasteiger partial charge in [0.2, 0.25) is 0 Å². The second-order valence-electron chi connectivity index (χ2n) is 10.5. The van der Waals surface area contributed by atoms with E-state index < -0.39 is 42.8 Å². The van der Waals surface area contributed by atoms with Gasteiger partial charge < -0.3 is 25.0 Å². The van der Waals surface area contributed by atoms with Crippen LogP contribution in [0.2, 0.25) is 5.82 Å². The number of aliphatic carboxylic acids is 1.